The molecule has 0 atom stereocenters. The molecule has 3 aromatic heterocycles. The lowest BCUT2D eigenvalue weighted by molar-refractivity contribution is 0.0200. The van der Waals surface area contributed by atoms with Crippen LogP contribution in [0.3, 0.4) is 0 Å². The highest BCUT2D eigenvalue weighted by Gasteiger charge is 2.25. The molecule has 0 saturated heterocycles. The van der Waals surface area contributed by atoms with Crippen molar-refractivity contribution < 1.29 is 39.1 Å². The number of carboxylic acid groups (broad SMARTS) is 1. The van der Waals surface area contributed by atoms with Crippen molar-refractivity contribution >= 4 is 29.4 Å². The van der Waals surface area contributed by atoms with Gasteiger partial charge in [0.25, 0.3) is 5.56 Å². The minimum Gasteiger partial charge on any atom is -0.488 e. The summed E-state index contributed by atoms with van der Waals surface area (Å²) in [5.41, 5.74) is 5.37. The molecule has 334 valence electrons. The Morgan fingerprint density at radius 2 is 1.51 bits per heavy atom. The number of nitrogens with zero attached hydrogens (tertiary/aromatic N) is 7. The normalized spacial score (nSPS) is 11.1. The second kappa shape index (κ2) is 20.8. The number of aliphatic hydroxyl groups excluding tert-OH is 2. The Kier molecular flexibility index (Phi) is 15.0. The molecule has 6 aromatic rings. The van der Waals surface area contributed by atoms with Crippen LogP contribution in [-0.2, 0) is 31.0 Å². The molecule has 0 spiro atoms. The zero-order chi connectivity index (χ0) is 46.8. The van der Waals surface area contributed by atoms with Crippen molar-refractivity contribution in [1.29, 1.82) is 10.5 Å². The molecule has 0 bridgehead atoms. The topological polar surface area (TPSA) is 224 Å². The van der Waals surface area contributed by atoms with E-state index in [9.17, 15) is 40.2 Å². The van der Waals surface area contributed by atoms with Gasteiger partial charge in [-0.15, -0.1) is 0 Å². The van der Waals surface area contributed by atoms with Gasteiger partial charge in [-0.2, -0.15) is 10.5 Å². The molecular weight excluding hydrogens is 854 g/mol. The van der Waals surface area contributed by atoms with Gasteiger partial charge in [0.05, 0.1) is 48.0 Å². The quantitative estimate of drug-likeness (QED) is 0.0858. The molecular formula is C48H46ClN7O9. The van der Waals surface area contributed by atoms with E-state index >= 15 is 0 Å². The minimum absolute atomic E-state index is 0.0164. The molecule has 65 heavy (non-hydrogen) atoms. The summed E-state index contributed by atoms with van der Waals surface area (Å²) in [6.07, 6.45) is 3.96. The van der Waals surface area contributed by atoms with Crippen molar-refractivity contribution in [2.45, 2.75) is 59.6 Å². The Morgan fingerprint density at radius 3 is 2.22 bits per heavy atom. The van der Waals surface area contributed by atoms with Crippen LogP contribution in [0.25, 0.3) is 27.9 Å². The van der Waals surface area contributed by atoms with E-state index < -0.39 is 30.0 Å². The average molecular weight is 900 g/mol. The third-order valence-corrected chi connectivity index (χ3v) is 10.5. The number of fused-ring (bicyclic) bond motifs is 1. The number of hydrogen-bond donors (Lipinski definition) is 3. The zero-order valence-electron chi connectivity index (χ0n) is 36.1. The Balaban J connectivity index is 1.29. The predicted molar refractivity (Wildman–Crippen MR) is 240 cm³/mol. The maximum absolute atomic E-state index is 13.3. The van der Waals surface area contributed by atoms with E-state index in [4.69, 9.17) is 25.8 Å². The van der Waals surface area contributed by atoms with Crippen LogP contribution in [0.4, 0.5) is 9.59 Å². The van der Waals surface area contributed by atoms with E-state index in [0.29, 0.717) is 50.3 Å². The van der Waals surface area contributed by atoms with E-state index in [1.54, 1.807) is 63.4 Å². The zero-order valence-corrected chi connectivity index (χ0v) is 36.9. The van der Waals surface area contributed by atoms with Crippen molar-refractivity contribution in [1.82, 2.24) is 24.2 Å². The lowest BCUT2D eigenvalue weighted by atomic mass is 9.89. The number of hydrogen-bond acceptors (Lipinski definition) is 12. The Morgan fingerprint density at radius 1 is 0.815 bits per heavy atom. The van der Waals surface area contributed by atoms with E-state index in [1.165, 1.54) is 27.9 Å². The summed E-state index contributed by atoms with van der Waals surface area (Å²) in [5, 5.41) is 48.7. The molecule has 6 rings (SSSR count). The molecule has 0 saturated carbocycles. The largest absolute Gasteiger partial charge is 0.488 e. The highest BCUT2D eigenvalue weighted by atomic mass is 35.5. The van der Waals surface area contributed by atoms with Gasteiger partial charge in [0.15, 0.2) is 0 Å². The summed E-state index contributed by atoms with van der Waals surface area (Å²) in [7, 11) is 0. The van der Waals surface area contributed by atoms with Gasteiger partial charge in [-0.1, -0.05) is 48.0 Å². The number of ether oxygens (including phenoxy) is 3. The van der Waals surface area contributed by atoms with E-state index in [-0.39, 0.29) is 62.3 Å². The fraction of sp³-hybridized carbons (Fsp3) is 0.271. The highest BCUT2D eigenvalue weighted by Crippen LogP contribution is 2.37. The van der Waals surface area contributed by atoms with Crippen LogP contribution in [0, 0.1) is 29.6 Å². The van der Waals surface area contributed by atoms with Crippen LogP contribution in [0.5, 0.6) is 11.5 Å². The third-order valence-electron chi connectivity index (χ3n) is 10.2. The van der Waals surface area contributed by atoms with Gasteiger partial charge in [-0.25, -0.2) is 14.6 Å². The first-order chi connectivity index (χ1) is 31.1. The summed E-state index contributed by atoms with van der Waals surface area (Å²) < 4.78 is 19.5. The molecule has 3 aromatic carbocycles. The van der Waals surface area contributed by atoms with Crippen LogP contribution < -0.4 is 15.0 Å². The Bertz CT molecular complexity index is 2880. The summed E-state index contributed by atoms with van der Waals surface area (Å²) in [6, 6.07) is 23.9. The Hall–Kier alpha value is -7.50. The number of aromatic nitrogens is 3. The number of carbonyl (C=O) groups excluding carboxylic acids is 1. The highest BCUT2D eigenvalue weighted by molar-refractivity contribution is 6.32. The van der Waals surface area contributed by atoms with Crippen LogP contribution in [0.15, 0.2) is 96.3 Å². The molecule has 0 aliphatic carbocycles. The van der Waals surface area contributed by atoms with Gasteiger partial charge >= 0.3 is 12.2 Å². The van der Waals surface area contributed by atoms with Gasteiger partial charge in [0, 0.05) is 66.2 Å². The average Bonchev–Trinajstić information content (AvgIpc) is 3.28. The number of amides is 2. The summed E-state index contributed by atoms with van der Waals surface area (Å²) in [6.45, 7) is 6.11. The maximum Gasteiger partial charge on any atom is 0.410 e. The number of benzene rings is 3. The summed E-state index contributed by atoms with van der Waals surface area (Å²) in [5.74, 6) is 0.613. The Labute approximate surface area is 379 Å². The first-order valence-electron chi connectivity index (χ1n) is 20.4. The molecule has 0 aliphatic rings. The number of carbonyl (C=O) groups is 2. The minimum atomic E-state index is -1.28. The monoisotopic (exact) mass is 899 g/mol. The van der Waals surface area contributed by atoms with Crippen LogP contribution >= 0.6 is 11.6 Å². The molecule has 0 aliphatic heterocycles. The van der Waals surface area contributed by atoms with Crippen LogP contribution in [0.1, 0.15) is 59.7 Å². The molecule has 3 heterocycles. The molecule has 0 unspecified atom stereocenters. The number of pyridine rings is 2. The fourth-order valence-corrected chi connectivity index (χ4v) is 7.24. The van der Waals surface area contributed by atoms with Gasteiger partial charge in [0.1, 0.15) is 48.1 Å². The van der Waals surface area contributed by atoms with Crippen molar-refractivity contribution in [2.24, 2.45) is 0 Å². The van der Waals surface area contributed by atoms with Crippen molar-refractivity contribution in [3.63, 3.8) is 0 Å². The van der Waals surface area contributed by atoms with Gasteiger partial charge < -0.3 is 39.3 Å². The van der Waals surface area contributed by atoms with Gasteiger partial charge in [0.2, 0.25) is 0 Å². The van der Waals surface area contributed by atoms with E-state index in [0.717, 1.165) is 21.6 Å². The SMILES string of the molecule is Cc1c(COc2cc(OCc3cncc(C#N)c3)c(CN(CCO)C(=O)OC(C)(C)C)cc2Cl)cccc1-c1cccc(-c2ccn3c(=O)c(CN(CCO)C(=O)O)cnc3c2)c1C#N. The van der Waals surface area contributed by atoms with Gasteiger partial charge in [-0.3, -0.25) is 14.2 Å². The number of rotatable bonds is 16. The standard InChI is InChI=1S/C48H46ClN7O9/c1-30-34(29-64-43-20-42(63-28-32-17-31(21-50)23-52-24-32)35(18-41(43)49)26-55(14-16-58)47(62)65-48(2,3)4)7-5-8-37(30)39-10-6-9-38(40(39)22-51)33-11-12-56-44(19-33)53-25-36(45(56)59)27-54(13-15-57)46(60)61/h5-12,17-20,23-25,57-58H,13-16,26-29H2,1-4H3,(H,60,61). The second-order valence-corrected chi connectivity index (χ2v) is 16.3. The van der Waals surface area contributed by atoms with E-state index in [1.807, 2.05) is 37.3 Å². The number of nitriles is 2. The number of aliphatic hydroxyl groups is 2. The molecule has 17 heteroatoms. The lowest BCUT2D eigenvalue weighted by Crippen LogP contribution is -2.38. The summed E-state index contributed by atoms with van der Waals surface area (Å²) in [4.78, 5) is 48.9. The number of halogens is 1. The molecule has 0 radical (unpaired) electrons. The second-order valence-electron chi connectivity index (χ2n) is 15.9. The third kappa shape index (κ3) is 11.4. The predicted octanol–water partition coefficient (Wildman–Crippen LogP) is 7.49. The van der Waals surface area contributed by atoms with E-state index in [2.05, 4.69) is 22.1 Å². The molecule has 2 amide bonds. The smallest absolute Gasteiger partial charge is 0.410 e. The van der Waals surface area contributed by atoms with Crippen molar-refractivity contribution in [2.75, 3.05) is 26.3 Å². The maximum atomic E-state index is 13.3. The first-order valence-corrected chi connectivity index (χ1v) is 20.7. The summed E-state index contributed by atoms with van der Waals surface area (Å²) >= 11 is 6.85. The first kappa shape index (κ1) is 47.0. The van der Waals surface area contributed by atoms with Crippen LogP contribution in [0.2, 0.25) is 5.02 Å². The molecule has 0 fully saturated rings. The van der Waals surface area contributed by atoms with Crippen molar-refractivity contribution in [3.05, 3.63) is 146 Å². The van der Waals surface area contributed by atoms with Gasteiger partial charge in [-0.05, 0) is 74.2 Å². The molecule has 16 nitrogen and oxygen atoms in total. The molecule has 3 N–H and O–H groups in total. The fourth-order valence-electron chi connectivity index (χ4n) is 7.00. The van der Waals surface area contributed by atoms with Crippen LogP contribution in [-0.4, -0.2) is 83.6 Å². The lowest BCUT2D eigenvalue weighted by Gasteiger charge is -2.28. The van der Waals surface area contributed by atoms with Crippen molar-refractivity contribution in [3.8, 4) is 45.9 Å².